The first-order valence-corrected chi connectivity index (χ1v) is 21.1. The van der Waals surface area contributed by atoms with Crippen LogP contribution in [0.2, 0.25) is 30.7 Å². The van der Waals surface area contributed by atoms with Crippen molar-refractivity contribution in [3.05, 3.63) is 54.9 Å². The van der Waals surface area contributed by atoms with E-state index in [1.165, 1.54) is 33.4 Å². The van der Waals surface area contributed by atoms with Crippen LogP contribution in [0.25, 0.3) is 22.1 Å². The van der Waals surface area contributed by atoms with Gasteiger partial charge >= 0.3 is 13.5 Å². The second kappa shape index (κ2) is 13.4. The number of hydrogen-bond donors (Lipinski definition) is 4. The maximum Gasteiger partial charge on any atom is 0.386 e. The van der Waals surface area contributed by atoms with E-state index in [4.69, 9.17) is 109 Å². The smallest absolute Gasteiger partial charge is 0.386 e. The van der Waals surface area contributed by atoms with Gasteiger partial charge in [0, 0.05) is 0 Å². The number of ether oxygens (including phenoxy) is 2. The molecule has 10 atom stereocenters. The number of halogens is 6. The van der Waals surface area contributed by atoms with Crippen LogP contribution >= 0.6 is 95.4 Å². The monoisotopic (exact) mass is 860 g/mol. The molecule has 2 aromatic heterocycles. The number of aliphatic hydroxyl groups excluding tert-OH is 2. The molecule has 3 fully saturated rings. The SMILES string of the molecule is O=P1(S)OC[C@H]2O[C@@H](n3c(Cl)nc4cc(Cl)c(Cl)cc43)C(O)[C@H]2OP(O)(=S)OC[C@H]2O[C@@H](n3c(Cl)nc4cc(Cl)c(Cl)cc43)[C@@H](O1)C2O. The van der Waals surface area contributed by atoms with Gasteiger partial charge in [0.1, 0.15) is 36.6 Å². The lowest BCUT2D eigenvalue weighted by Crippen LogP contribution is -2.36. The van der Waals surface area contributed by atoms with E-state index in [1.807, 2.05) is 0 Å². The van der Waals surface area contributed by atoms with Crippen molar-refractivity contribution in [3.63, 3.8) is 0 Å². The second-order valence-electron chi connectivity index (χ2n) is 10.8. The molecule has 2 bridgehead atoms. The first kappa shape index (κ1) is 36.4. The molecule has 5 heterocycles. The summed E-state index contributed by atoms with van der Waals surface area (Å²) in [6, 6.07) is 5.91. The second-order valence-corrected chi connectivity index (χ2v) is 18.8. The van der Waals surface area contributed by atoms with Crippen LogP contribution in [0.1, 0.15) is 12.5 Å². The predicted octanol–water partition coefficient (Wildman–Crippen LogP) is 6.60. The van der Waals surface area contributed by atoms with Gasteiger partial charge in [-0.15, -0.1) is 0 Å². The third-order valence-electron chi connectivity index (χ3n) is 7.82. The van der Waals surface area contributed by atoms with Crippen molar-refractivity contribution in [1.82, 2.24) is 19.1 Å². The summed E-state index contributed by atoms with van der Waals surface area (Å²) in [5.74, 6) is 0. The maximum atomic E-state index is 13.7. The third-order valence-corrected chi connectivity index (χ3v) is 13.0. The quantitative estimate of drug-likeness (QED) is 0.126. The highest BCUT2D eigenvalue weighted by atomic mass is 35.5. The Hall–Kier alpha value is -0.0100. The van der Waals surface area contributed by atoms with E-state index in [1.54, 1.807) is 0 Å². The molecule has 2 aromatic carbocycles. The number of rotatable bonds is 2. The normalized spacial score (nSPS) is 36.2. The van der Waals surface area contributed by atoms with Crippen molar-refractivity contribution in [2.75, 3.05) is 13.2 Å². The highest BCUT2D eigenvalue weighted by Gasteiger charge is 2.53. The number of aliphatic hydroxyl groups is 2. The summed E-state index contributed by atoms with van der Waals surface area (Å²) < 4.78 is 51.2. The largest absolute Gasteiger partial charge is 0.387 e. The first-order chi connectivity index (χ1) is 22.5. The van der Waals surface area contributed by atoms with Crippen LogP contribution in [0.5, 0.6) is 0 Å². The standard InChI is InChI=1S/C24H20Cl6N4O10P2S2/c25-7-1-11-13(3-9(7)27)33(23(29)31-11)21-18(36)19-16(42-21)6-40-46(38,48)44-20-17(35)15(5-39-45(37,47)43-19)41-22(20)34-14-4-10(28)8(26)2-12(14)32-24(34)30/h1-4,15-22,35-36H,5-6H2,(H,37,47)(H,38,48)/t15-,16-,17?,18?,19+,20+,21-,22-,45?,46?/m1/s1. The molecule has 24 heteroatoms. The van der Waals surface area contributed by atoms with Crippen LogP contribution in [0.15, 0.2) is 24.3 Å². The van der Waals surface area contributed by atoms with Gasteiger partial charge in [0.2, 0.25) is 10.6 Å². The van der Waals surface area contributed by atoms with Crippen molar-refractivity contribution in [2.45, 2.75) is 49.1 Å². The van der Waals surface area contributed by atoms with Crippen molar-refractivity contribution in [2.24, 2.45) is 0 Å². The molecule has 14 nitrogen and oxygen atoms in total. The van der Waals surface area contributed by atoms with Gasteiger partial charge in [-0.1, -0.05) is 58.7 Å². The highest BCUT2D eigenvalue weighted by molar-refractivity contribution is 8.44. The zero-order valence-electron chi connectivity index (χ0n) is 23.3. The van der Waals surface area contributed by atoms with Crippen molar-refractivity contribution in [3.8, 4) is 0 Å². The summed E-state index contributed by atoms with van der Waals surface area (Å²) >= 11 is 47.1. The lowest BCUT2D eigenvalue weighted by molar-refractivity contribution is -0.0585. The minimum atomic E-state index is -4.39. The first-order valence-electron chi connectivity index (χ1n) is 13.6. The Balaban J connectivity index is 1.22. The minimum Gasteiger partial charge on any atom is -0.387 e. The Morgan fingerprint density at radius 2 is 1.25 bits per heavy atom. The Labute approximate surface area is 310 Å². The number of hydrogen-bond acceptors (Lipinski definition) is 12. The molecular formula is C24H20Cl6N4O10P2S2. The number of thiol groups is 1. The van der Waals surface area contributed by atoms with E-state index in [2.05, 4.69) is 22.2 Å². The average Bonchev–Trinajstić information content (AvgIpc) is 3.67. The van der Waals surface area contributed by atoms with Gasteiger partial charge < -0.3 is 29.1 Å². The molecule has 0 spiro atoms. The zero-order valence-corrected chi connectivity index (χ0v) is 31.4. The van der Waals surface area contributed by atoms with E-state index >= 15 is 0 Å². The van der Waals surface area contributed by atoms with Gasteiger partial charge in [0.05, 0.1) is 55.4 Å². The van der Waals surface area contributed by atoms with Gasteiger partial charge in [0.25, 0.3) is 0 Å². The van der Waals surface area contributed by atoms with Gasteiger partial charge in [0.15, 0.2) is 12.5 Å². The molecule has 260 valence electrons. The average molecular weight is 863 g/mol. The van der Waals surface area contributed by atoms with Crippen LogP contribution < -0.4 is 0 Å². The van der Waals surface area contributed by atoms with Gasteiger partial charge in [-0.2, -0.15) is 0 Å². The Morgan fingerprint density at radius 1 is 0.750 bits per heavy atom. The fourth-order valence-electron chi connectivity index (χ4n) is 5.68. The summed E-state index contributed by atoms with van der Waals surface area (Å²) in [6.07, 6.45) is -11.2. The number of benzene rings is 2. The van der Waals surface area contributed by atoms with E-state index < -0.39 is 75.8 Å². The number of imidazole rings is 2. The summed E-state index contributed by atoms with van der Waals surface area (Å²) in [5, 5.41) is 23.3. The van der Waals surface area contributed by atoms with Crippen molar-refractivity contribution < 1.29 is 47.2 Å². The molecule has 4 unspecified atom stereocenters. The van der Waals surface area contributed by atoms with Gasteiger partial charge in [-0.25, -0.2) is 14.5 Å². The fourth-order valence-corrected chi connectivity index (χ4v) is 9.78. The molecule has 0 aliphatic carbocycles. The molecule has 48 heavy (non-hydrogen) atoms. The number of fused-ring (bicyclic) bond motifs is 5. The summed E-state index contributed by atoms with van der Waals surface area (Å²) in [4.78, 5) is 19.6. The topological polar surface area (TPSA) is 169 Å². The lowest BCUT2D eigenvalue weighted by Gasteiger charge is -2.27. The van der Waals surface area contributed by atoms with Crippen LogP contribution in [0.3, 0.4) is 0 Å². The van der Waals surface area contributed by atoms with Gasteiger partial charge in [-0.3, -0.25) is 22.7 Å². The summed E-state index contributed by atoms with van der Waals surface area (Å²) in [6.45, 7) is -9.76. The minimum absolute atomic E-state index is 0.104. The molecular weight excluding hydrogens is 843 g/mol. The molecule has 0 radical (unpaired) electrons. The fraction of sp³-hybridized carbons (Fsp3) is 0.417. The highest BCUT2D eigenvalue weighted by Crippen LogP contribution is 2.59. The molecule has 3 N–H and O–H groups in total. The summed E-state index contributed by atoms with van der Waals surface area (Å²) in [7, 11) is 0. The molecule has 3 aliphatic rings. The Kier molecular flexibility index (Phi) is 10.2. The van der Waals surface area contributed by atoms with E-state index in [-0.39, 0.29) is 30.7 Å². The van der Waals surface area contributed by atoms with Crippen LogP contribution in [0, 0.1) is 0 Å². The van der Waals surface area contributed by atoms with Crippen LogP contribution in [-0.2, 0) is 43.9 Å². The molecule has 0 amide bonds. The maximum absolute atomic E-state index is 13.7. The third kappa shape index (κ3) is 6.69. The lowest BCUT2D eigenvalue weighted by atomic mass is 10.1. The molecule has 4 aromatic rings. The van der Waals surface area contributed by atoms with Crippen LogP contribution in [-0.4, -0.2) is 84.0 Å². The van der Waals surface area contributed by atoms with E-state index in [0.29, 0.717) is 22.1 Å². The predicted molar refractivity (Wildman–Crippen MR) is 184 cm³/mol. The summed E-state index contributed by atoms with van der Waals surface area (Å²) in [5.41, 5.74) is 1.36. The number of aromatic nitrogens is 4. The molecule has 3 saturated heterocycles. The Morgan fingerprint density at radius 3 is 1.83 bits per heavy atom. The van der Waals surface area contributed by atoms with Crippen LogP contribution in [0.4, 0.5) is 0 Å². The zero-order chi connectivity index (χ0) is 34.4. The Bertz CT molecular complexity index is 2040. The molecule has 7 rings (SSSR count). The molecule has 3 aliphatic heterocycles. The van der Waals surface area contributed by atoms with E-state index in [0.717, 1.165) is 0 Å². The number of nitrogens with zero attached hydrogens (tertiary/aromatic N) is 4. The van der Waals surface area contributed by atoms with Gasteiger partial charge in [-0.05, 0) is 59.3 Å². The van der Waals surface area contributed by atoms with Crippen molar-refractivity contribution >= 4 is 129 Å². The van der Waals surface area contributed by atoms with E-state index in [9.17, 15) is 19.7 Å². The van der Waals surface area contributed by atoms with Crippen molar-refractivity contribution in [1.29, 1.82) is 0 Å². The molecule has 0 saturated carbocycles.